The van der Waals surface area contributed by atoms with Crippen LogP contribution in [0.3, 0.4) is 0 Å². The number of aromatic amines is 1. The fourth-order valence-corrected chi connectivity index (χ4v) is 3.20. The van der Waals surface area contributed by atoms with E-state index in [2.05, 4.69) is 11.1 Å². The standard InChI is InChI=1S/C22H24N2O4/c1-14-9-15(2)17-11-19(23-18(17)10-14)22(26)28-13-21(25)24(3)12-16-7-5-6-8-20(16)27-4/h5-11,23H,12-13H2,1-4H3. The van der Waals surface area contributed by atoms with Gasteiger partial charge in [0, 0.05) is 30.1 Å². The number of nitrogens with zero attached hydrogens (tertiary/aromatic N) is 1. The highest BCUT2D eigenvalue weighted by Gasteiger charge is 2.17. The lowest BCUT2D eigenvalue weighted by atomic mass is 10.1. The SMILES string of the molecule is COc1ccccc1CN(C)C(=O)COC(=O)c1cc2c(C)cc(C)cc2[nH]1. The first-order valence-electron chi connectivity index (χ1n) is 9.02. The minimum absolute atomic E-state index is 0.289. The van der Waals surface area contributed by atoms with Gasteiger partial charge in [0.2, 0.25) is 0 Å². The summed E-state index contributed by atoms with van der Waals surface area (Å²) >= 11 is 0. The van der Waals surface area contributed by atoms with Crippen molar-refractivity contribution in [1.29, 1.82) is 0 Å². The molecular weight excluding hydrogens is 356 g/mol. The number of nitrogens with one attached hydrogen (secondary N) is 1. The highest BCUT2D eigenvalue weighted by molar-refractivity contribution is 5.96. The minimum Gasteiger partial charge on any atom is -0.496 e. The number of H-pyrrole nitrogens is 1. The summed E-state index contributed by atoms with van der Waals surface area (Å²) in [5.74, 6) is -0.127. The van der Waals surface area contributed by atoms with Crippen molar-refractivity contribution < 1.29 is 19.1 Å². The van der Waals surface area contributed by atoms with E-state index >= 15 is 0 Å². The van der Waals surface area contributed by atoms with Crippen LogP contribution in [0.2, 0.25) is 0 Å². The predicted molar refractivity (Wildman–Crippen MR) is 108 cm³/mol. The minimum atomic E-state index is -0.549. The third-order valence-electron chi connectivity index (χ3n) is 4.66. The number of para-hydroxylation sites is 1. The average Bonchev–Trinajstić information content (AvgIpc) is 3.10. The van der Waals surface area contributed by atoms with Gasteiger partial charge in [0.15, 0.2) is 6.61 Å². The van der Waals surface area contributed by atoms with Gasteiger partial charge in [-0.25, -0.2) is 4.79 Å². The van der Waals surface area contributed by atoms with E-state index < -0.39 is 5.97 Å². The molecular formula is C22H24N2O4. The molecule has 2 aromatic carbocycles. The molecule has 3 aromatic rings. The van der Waals surface area contributed by atoms with Crippen LogP contribution in [0.5, 0.6) is 5.75 Å². The molecule has 0 unspecified atom stereocenters. The molecule has 0 spiro atoms. The lowest BCUT2D eigenvalue weighted by Crippen LogP contribution is -2.31. The molecule has 1 amide bonds. The Hall–Kier alpha value is -3.28. The van der Waals surface area contributed by atoms with E-state index in [1.165, 1.54) is 4.90 Å². The zero-order valence-electron chi connectivity index (χ0n) is 16.5. The molecule has 3 rings (SSSR count). The molecule has 1 aromatic heterocycles. The third kappa shape index (κ3) is 4.17. The van der Waals surface area contributed by atoms with E-state index in [9.17, 15) is 9.59 Å². The normalized spacial score (nSPS) is 10.7. The predicted octanol–water partition coefficient (Wildman–Crippen LogP) is 3.61. The van der Waals surface area contributed by atoms with Crippen LogP contribution in [0.25, 0.3) is 10.9 Å². The number of hydrogen-bond acceptors (Lipinski definition) is 4. The van der Waals surface area contributed by atoms with Gasteiger partial charge in [-0.15, -0.1) is 0 Å². The van der Waals surface area contributed by atoms with Crippen molar-refractivity contribution in [1.82, 2.24) is 9.88 Å². The monoisotopic (exact) mass is 380 g/mol. The molecule has 0 aliphatic rings. The second kappa shape index (κ2) is 8.17. The molecule has 0 saturated heterocycles. The van der Waals surface area contributed by atoms with Crippen molar-refractivity contribution in [2.75, 3.05) is 20.8 Å². The zero-order chi connectivity index (χ0) is 20.3. The average molecular weight is 380 g/mol. The highest BCUT2D eigenvalue weighted by atomic mass is 16.5. The number of amides is 1. The largest absolute Gasteiger partial charge is 0.496 e. The maximum atomic E-state index is 12.4. The number of aryl methyl sites for hydroxylation is 2. The quantitative estimate of drug-likeness (QED) is 0.663. The van der Waals surface area contributed by atoms with Gasteiger partial charge in [-0.3, -0.25) is 4.79 Å². The van der Waals surface area contributed by atoms with Crippen molar-refractivity contribution in [3.63, 3.8) is 0 Å². The Kier molecular flexibility index (Phi) is 5.68. The topological polar surface area (TPSA) is 71.6 Å². The molecule has 146 valence electrons. The molecule has 0 radical (unpaired) electrons. The van der Waals surface area contributed by atoms with Crippen molar-refractivity contribution in [3.05, 3.63) is 64.8 Å². The number of ether oxygens (including phenoxy) is 2. The summed E-state index contributed by atoms with van der Waals surface area (Å²) in [6, 6.07) is 13.3. The van der Waals surface area contributed by atoms with Crippen LogP contribution in [0.4, 0.5) is 0 Å². The first-order valence-corrected chi connectivity index (χ1v) is 9.02. The van der Waals surface area contributed by atoms with Gasteiger partial charge < -0.3 is 19.4 Å². The van der Waals surface area contributed by atoms with Gasteiger partial charge in [0.1, 0.15) is 11.4 Å². The lowest BCUT2D eigenvalue weighted by molar-refractivity contribution is -0.133. The second-order valence-electron chi connectivity index (χ2n) is 6.86. The van der Waals surface area contributed by atoms with Crippen molar-refractivity contribution >= 4 is 22.8 Å². The number of benzene rings is 2. The number of likely N-dealkylation sites (N-methyl/N-ethyl adjacent to an activating group) is 1. The number of esters is 1. The van der Waals surface area contributed by atoms with E-state index in [1.54, 1.807) is 20.2 Å². The summed E-state index contributed by atoms with van der Waals surface area (Å²) in [6.45, 7) is 4.04. The molecule has 0 atom stereocenters. The summed E-state index contributed by atoms with van der Waals surface area (Å²) in [7, 11) is 3.25. The third-order valence-corrected chi connectivity index (χ3v) is 4.66. The Balaban J connectivity index is 1.62. The number of carbonyl (C=O) groups is 2. The van der Waals surface area contributed by atoms with E-state index in [0.29, 0.717) is 18.0 Å². The maximum Gasteiger partial charge on any atom is 0.355 e. The van der Waals surface area contributed by atoms with Crippen molar-refractivity contribution in [2.24, 2.45) is 0 Å². The summed E-state index contributed by atoms with van der Waals surface area (Å²) in [6.07, 6.45) is 0. The summed E-state index contributed by atoms with van der Waals surface area (Å²) in [5.41, 5.74) is 4.29. The van der Waals surface area contributed by atoms with E-state index in [0.717, 1.165) is 27.6 Å². The first kappa shape index (κ1) is 19.5. The highest BCUT2D eigenvalue weighted by Crippen LogP contribution is 2.22. The van der Waals surface area contributed by atoms with Gasteiger partial charge in [-0.05, 0) is 43.2 Å². The molecule has 1 heterocycles. The maximum absolute atomic E-state index is 12.4. The van der Waals surface area contributed by atoms with Crippen LogP contribution >= 0.6 is 0 Å². The fourth-order valence-electron chi connectivity index (χ4n) is 3.20. The Bertz CT molecular complexity index is 1020. The van der Waals surface area contributed by atoms with Gasteiger partial charge in [-0.1, -0.05) is 24.3 Å². The Morgan fingerprint density at radius 2 is 1.86 bits per heavy atom. The van der Waals surface area contributed by atoms with Crippen molar-refractivity contribution in [3.8, 4) is 5.75 Å². The smallest absolute Gasteiger partial charge is 0.355 e. The number of hydrogen-bond donors (Lipinski definition) is 1. The Morgan fingerprint density at radius 1 is 1.11 bits per heavy atom. The second-order valence-corrected chi connectivity index (χ2v) is 6.86. The zero-order valence-corrected chi connectivity index (χ0v) is 16.5. The summed E-state index contributed by atoms with van der Waals surface area (Å²) in [5, 5.41) is 0.970. The van der Waals surface area contributed by atoms with Gasteiger partial charge in [-0.2, -0.15) is 0 Å². The van der Waals surface area contributed by atoms with Crippen LogP contribution in [0, 0.1) is 13.8 Å². The number of fused-ring (bicyclic) bond motifs is 1. The lowest BCUT2D eigenvalue weighted by Gasteiger charge is -2.18. The van der Waals surface area contributed by atoms with Gasteiger partial charge in [0.05, 0.1) is 7.11 Å². The first-order chi connectivity index (χ1) is 13.4. The fraction of sp³-hybridized carbons (Fsp3) is 0.273. The molecule has 0 aliphatic carbocycles. The number of aromatic nitrogens is 1. The van der Waals surface area contributed by atoms with Crippen LogP contribution in [0.1, 0.15) is 27.2 Å². The Labute approximate surface area is 164 Å². The van der Waals surface area contributed by atoms with E-state index in [-0.39, 0.29) is 12.5 Å². The molecule has 28 heavy (non-hydrogen) atoms. The van der Waals surface area contributed by atoms with Gasteiger partial charge in [0.25, 0.3) is 5.91 Å². The van der Waals surface area contributed by atoms with Crippen LogP contribution in [0.15, 0.2) is 42.5 Å². The summed E-state index contributed by atoms with van der Waals surface area (Å²) in [4.78, 5) is 29.3. The molecule has 6 heteroatoms. The number of carbonyl (C=O) groups excluding carboxylic acids is 2. The molecule has 6 nitrogen and oxygen atoms in total. The Morgan fingerprint density at radius 3 is 2.61 bits per heavy atom. The van der Waals surface area contributed by atoms with Crippen LogP contribution in [-0.4, -0.2) is 42.5 Å². The van der Waals surface area contributed by atoms with Crippen LogP contribution in [-0.2, 0) is 16.1 Å². The molecule has 0 saturated carbocycles. The molecule has 1 N–H and O–H groups in total. The van der Waals surface area contributed by atoms with Gasteiger partial charge >= 0.3 is 5.97 Å². The van der Waals surface area contributed by atoms with E-state index in [1.807, 2.05) is 44.2 Å². The molecule has 0 aliphatic heterocycles. The molecule has 0 bridgehead atoms. The number of rotatable bonds is 6. The molecule has 0 fully saturated rings. The number of methoxy groups -OCH3 is 1. The van der Waals surface area contributed by atoms with E-state index in [4.69, 9.17) is 9.47 Å². The summed E-state index contributed by atoms with van der Waals surface area (Å²) < 4.78 is 10.5. The van der Waals surface area contributed by atoms with Crippen molar-refractivity contribution in [2.45, 2.75) is 20.4 Å². The van der Waals surface area contributed by atoms with Crippen LogP contribution < -0.4 is 4.74 Å².